The Kier molecular flexibility index (Phi) is 7.49. The molecule has 1 aromatic heterocycles. The average molecular weight is 300 g/mol. The molecule has 3 N–H and O–H groups in total. The minimum Gasteiger partial charge on any atom is -0.348 e. The van der Waals surface area contributed by atoms with Crippen LogP contribution in [0.3, 0.4) is 0 Å². The molecule has 1 heterocycles. The van der Waals surface area contributed by atoms with Gasteiger partial charge in [-0.25, -0.2) is 0 Å². The van der Waals surface area contributed by atoms with E-state index in [0.29, 0.717) is 11.7 Å². The lowest BCUT2D eigenvalue weighted by molar-refractivity contribution is -0.119. The molecule has 1 aromatic rings. The molecule has 0 aromatic carbocycles. The summed E-state index contributed by atoms with van der Waals surface area (Å²) >= 11 is 3.35. The highest BCUT2D eigenvalue weighted by molar-refractivity contribution is 7.99. The van der Waals surface area contributed by atoms with Crippen molar-refractivity contribution in [1.82, 2.24) is 5.32 Å². The van der Waals surface area contributed by atoms with E-state index in [1.807, 2.05) is 18.4 Å². The monoisotopic (exact) mass is 300 g/mol. The van der Waals surface area contributed by atoms with Gasteiger partial charge >= 0.3 is 0 Å². The van der Waals surface area contributed by atoms with Gasteiger partial charge in [0.2, 0.25) is 5.91 Å². The topological polar surface area (TPSA) is 55.1 Å². The van der Waals surface area contributed by atoms with E-state index in [2.05, 4.69) is 25.2 Å². The van der Waals surface area contributed by atoms with Crippen LogP contribution in [0.1, 0.15) is 38.1 Å². The van der Waals surface area contributed by atoms with E-state index in [9.17, 15) is 4.79 Å². The van der Waals surface area contributed by atoms with Crippen LogP contribution >= 0.6 is 23.1 Å². The van der Waals surface area contributed by atoms with Gasteiger partial charge in [-0.1, -0.05) is 19.9 Å². The zero-order valence-corrected chi connectivity index (χ0v) is 13.5. The normalized spacial score (nSPS) is 14.4. The summed E-state index contributed by atoms with van der Waals surface area (Å²) in [6, 6.07) is 4.45. The van der Waals surface area contributed by atoms with Crippen LogP contribution < -0.4 is 11.1 Å². The van der Waals surface area contributed by atoms with Crippen molar-refractivity contribution in [1.29, 1.82) is 0 Å². The molecule has 0 fully saturated rings. The lowest BCUT2D eigenvalue weighted by Gasteiger charge is -2.21. The number of amides is 1. The van der Waals surface area contributed by atoms with Gasteiger partial charge < -0.3 is 11.1 Å². The molecule has 0 saturated carbocycles. The Bertz CT molecular complexity index is 364. The zero-order chi connectivity index (χ0) is 14.3. The fraction of sp³-hybridized carbons (Fsp3) is 0.643. The summed E-state index contributed by atoms with van der Waals surface area (Å²) in [5, 5.41) is 5.18. The molecule has 0 saturated heterocycles. The Morgan fingerprint density at radius 1 is 1.47 bits per heavy atom. The molecule has 2 unspecified atom stereocenters. The highest BCUT2D eigenvalue weighted by atomic mass is 32.2. The molecule has 0 bridgehead atoms. The average Bonchev–Trinajstić information content (AvgIpc) is 2.84. The van der Waals surface area contributed by atoms with Crippen molar-refractivity contribution in [2.24, 2.45) is 11.7 Å². The van der Waals surface area contributed by atoms with Crippen molar-refractivity contribution in [2.45, 2.75) is 39.3 Å². The Balaban J connectivity index is 2.36. The van der Waals surface area contributed by atoms with Gasteiger partial charge in [0.25, 0.3) is 0 Å². The maximum Gasteiger partial charge on any atom is 0.230 e. The van der Waals surface area contributed by atoms with Crippen LogP contribution in [-0.2, 0) is 4.79 Å². The quantitative estimate of drug-likeness (QED) is 0.726. The minimum atomic E-state index is 0.113. The molecule has 19 heavy (non-hydrogen) atoms. The Hall–Kier alpha value is -0.520. The number of hydrogen-bond acceptors (Lipinski definition) is 4. The summed E-state index contributed by atoms with van der Waals surface area (Å²) in [4.78, 5) is 13.2. The smallest absolute Gasteiger partial charge is 0.230 e. The summed E-state index contributed by atoms with van der Waals surface area (Å²) in [6.07, 6.45) is 0.955. The van der Waals surface area contributed by atoms with Crippen molar-refractivity contribution >= 4 is 29.0 Å². The lowest BCUT2D eigenvalue weighted by Crippen LogP contribution is -2.32. The standard InChI is InChI=1S/C14H24N2OS2/c1-10(2)14(12-5-4-7-19-12)16-13(17)9-18-8-6-11(3)15/h4-5,7,10-11,14H,6,8-9,15H2,1-3H3,(H,16,17). The summed E-state index contributed by atoms with van der Waals surface area (Å²) in [5.74, 6) is 1.97. The second kappa shape index (κ2) is 8.61. The van der Waals surface area contributed by atoms with Crippen molar-refractivity contribution in [3.63, 3.8) is 0 Å². The summed E-state index contributed by atoms with van der Waals surface area (Å²) < 4.78 is 0. The molecular weight excluding hydrogens is 276 g/mol. The van der Waals surface area contributed by atoms with Crippen LogP contribution in [0.15, 0.2) is 17.5 Å². The molecule has 0 aliphatic heterocycles. The number of nitrogens with one attached hydrogen (secondary N) is 1. The number of rotatable bonds is 8. The third-order valence-corrected chi connectivity index (χ3v) is 4.73. The molecular formula is C14H24N2OS2. The first-order valence-corrected chi connectivity index (χ1v) is 8.70. The van der Waals surface area contributed by atoms with Gasteiger partial charge in [-0.05, 0) is 36.5 Å². The fourth-order valence-corrected chi connectivity index (χ4v) is 3.58. The van der Waals surface area contributed by atoms with E-state index in [1.54, 1.807) is 23.1 Å². The summed E-state index contributed by atoms with van der Waals surface area (Å²) in [6.45, 7) is 6.26. The Morgan fingerprint density at radius 2 is 2.21 bits per heavy atom. The number of thiophene rings is 1. The van der Waals surface area contributed by atoms with Gasteiger partial charge in [0, 0.05) is 10.9 Å². The maximum absolute atomic E-state index is 11.9. The minimum absolute atomic E-state index is 0.113. The van der Waals surface area contributed by atoms with Gasteiger partial charge in [0.15, 0.2) is 0 Å². The number of nitrogens with two attached hydrogens (primary N) is 1. The third kappa shape index (κ3) is 6.45. The number of carbonyl (C=O) groups excluding carboxylic acids is 1. The van der Waals surface area contributed by atoms with Crippen molar-refractivity contribution < 1.29 is 4.79 Å². The molecule has 0 aliphatic rings. The first kappa shape index (κ1) is 16.5. The van der Waals surface area contributed by atoms with E-state index >= 15 is 0 Å². The van der Waals surface area contributed by atoms with E-state index < -0.39 is 0 Å². The fourth-order valence-electron chi connectivity index (χ4n) is 1.68. The SMILES string of the molecule is CC(N)CCSCC(=O)NC(c1cccs1)C(C)C. The van der Waals surface area contributed by atoms with Crippen molar-refractivity contribution in [3.8, 4) is 0 Å². The Labute approximate surface area is 124 Å². The van der Waals surface area contributed by atoms with Crippen LogP contribution in [0.25, 0.3) is 0 Å². The first-order chi connectivity index (χ1) is 9.00. The number of carbonyl (C=O) groups is 1. The zero-order valence-electron chi connectivity index (χ0n) is 11.9. The largest absolute Gasteiger partial charge is 0.348 e. The molecule has 0 radical (unpaired) electrons. The molecule has 2 atom stereocenters. The van der Waals surface area contributed by atoms with Gasteiger partial charge in [0.05, 0.1) is 11.8 Å². The van der Waals surface area contributed by atoms with Crippen LogP contribution in [0, 0.1) is 5.92 Å². The maximum atomic E-state index is 11.9. The van der Waals surface area contributed by atoms with E-state index in [4.69, 9.17) is 5.73 Å². The molecule has 3 nitrogen and oxygen atoms in total. The van der Waals surface area contributed by atoms with E-state index in [1.165, 1.54) is 4.88 Å². The molecule has 0 aliphatic carbocycles. The van der Waals surface area contributed by atoms with Crippen molar-refractivity contribution in [2.75, 3.05) is 11.5 Å². The molecule has 1 amide bonds. The van der Waals surface area contributed by atoms with Gasteiger partial charge in [-0.3, -0.25) is 4.79 Å². The summed E-state index contributed by atoms with van der Waals surface area (Å²) in [7, 11) is 0. The predicted molar refractivity (Wildman–Crippen MR) is 85.6 cm³/mol. The molecule has 108 valence electrons. The molecule has 0 spiro atoms. The van der Waals surface area contributed by atoms with Crippen LogP contribution in [0.2, 0.25) is 0 Å². The highest BCUT2D eigenvalue weighted by Gasteiger charge is 2.18. The lowest BCUT2D eigenvalue weighted by atomic mass is 10.0. The van der Waals surface area contributed by atoms with Gasteiger partial charge in [-0.2, -0.15) is 11.8 Å². The van der Waals surface area contributed by atoms with Gasteiger partial charge in [0.1, 0.15) is 0 Å². The van der Waals surface area contributed by atoms with Gasteiger partial charge in [-0.15, -0.1) is 11.3 Å². The summed E-state index contributed by atoms with van der Waals surface area (Å²) in [5.41, 5.74) is 5.68. The first-order valence-electron chi connectivity index (χ1n) is 6.66. The molecule has 1 rings (SSSR count). The second-order valence-electron chi connectivity index (χ2n) is 5.12. The van der Waals surface area contributed by atoms with Crippen LogP contribution in [0.4, 0.5) is 0 Å². The van der Waals surface area contributed by atoms with Crippen molar-refractivity contribution in [3.05, 3.63) is 22.4 Å². The number of hydrogen-bond donors (Lipinski definition) is 2. The van der Waals surface area contributed by atoms with Crippen LogP contribution in [-0.4, -0.2) is 23.5 Å². The second-order valence-corrected chi connectivity index (χ2v) is 7.21. The van der Waals surface area contributed by atoms with E-state index in [0.717, 1.165) is 12.2 Å². The number of thioether (sulfide) groups is 1. The molecule has 5 heteroatoms. The van der Waals surface area contributed by atoms with E-state index in [-0.39, 0.29) is 18.0 Å². The highest BCUT2D eigenvalue weighted by Crippen LogP contribution is 2.25. The van der Waals surface area contributed by atoms with Crippen LogP contribution in [0.5, 0.6) is 0 Å². The predicted octanol–water partition coefficient (Wildman–Crippen LogP) is 3.03. The third-order valence-electron chi connectivity index (χ3n) is 2.78. The Morgan fingerprint density at radius 3 is 2.74 bits per heavy atom.